The van der Waals surface area contributed by atoms with Crippen LogP contribution in [0.15, 0.2) is 24.3 Å². The molecule has 42 heavy (non-hydrogen) atoms. The van der Waals surface area contributed by atoms with E-state index in [0.29, 0.717) is 62.5 Å². The summed E-state index contributed by atoms with van der Waals surface area (Å²) in [4.78, 5) is 0. The predicted octanol–water partition coefficient (Wildman–Crippen LogP) is 8.62. The van der Waals surface area contributed by atoms with Crippen LogP contribution >= 0.6 is 0 Å². The average molecular weight is 587 g/mol. The Morgan fingerprint density at radius 2 is 1.10 bits per heavy atom. The van der Waals surface area contributed by atoms with Gasteiger partial charge in [-0.05, 0) is 44.2 Å². The lowest BCUT2D eigenvalue weighted by atomic mass is 9.93. The number of benzene rings is 2. The number of unbranched alkanes of at least 4 members (excludes halogenated alkanes) is 5. The van der Waals surface area contributed by atoms with E-state index in [2.05, 4.69) is 34.6 Å². The van der Waals surface area contributed by atoms with Crippen LogP contribution in [0.4, 0.5) is 0 Å². The van der Waals surface area contributed by atoms with Crippen molar-refractivity contribution < 1.29 is 33.5 Å². The first-order valence-corrected chi connectivity index (χ1v) is 16.4. The minimum atomic E-state index is -0.781. The molecule has 0 aliphatic carbocycles. The molecule has 0 radical (unpaired) electrons. The van der Waals surface area contributed by atoms with Gasteiger partial charge in [0.1, 0.15) is 17.2 Å². The van der Waals surface area contributed by atoms with Crippen LogP contribution in [-0.4, -0.2) is 44.2 Å². The SMILES string of the molecule is CCCCOc1cc(OCCCC)c2c(c1)O[C@H](c1cc(OCCCC)c(OCCCC)c(OCCCC)c1)[C@@H](O)C2. The summed E-state index contributed by atoms with van der Waals surface area (Å²) in [6.45, 7) is 13.7. The van der Waals surface area contributed by atoms with Gasteiger partial charge in [-0.1, -0.05) is 66.7 Å². The van der Waals surface area contributed by atoms with Gasteiger partial charge < -0.3 is 33.5 Å². The van der Waals surface area contributed by atoms with Crippen LogP contribution in [-0.2, 0) is 6.42 Å². The summed E-state index contributed by atoms with van der Waals surface area (Å²) in [6.07, 6.45) is 8.93. The van der Waals surface area contributed by atoms with E-state index in [9.17, 15) is 5.11 Å². The van der Waals surface area contributed by atoms with E-state index < -0.39 is 12.2 Å². The quantitative estimate of drug-likeness (QED) is 0.147. The first-order chi connectivity index (χ1) is 20.6. The van der Waals surface area contributed by atoms with Gasteiger partial charge in [-0.25, -0.2) is 0 Å². The average Bonchev–Trinajstić information content (AvgIpc) is 2.98. The van der Waals surface area contributed by atoms with Crippen LogP contribution in [0, 0.1) is 0 Å². The van der Waals surface area contributed by atoms with E-state index in [4.69, 9.17) is 28.4 Å². The first kappa shape index (κ1) is 33.7. The monoisotopic (exact) mass is 586 g/mol. The molecule has 2 aromatic rings. The maximum atomic E-state index is 11.4. The topological polar surface area (TPSA) is 75.6 Å². The molecule has 1 aliphatic rings. The Bertz CT molecular complexity index is 1020. The molecule has 0 bridgehead atoms. The van der Waals surface area contributed by atoms with Crippen molar-refractivity contribution in [3.05, 3.63) is 35.4 Å². The standard InChI is InChI=1S/C35H54O7/c1-6-11-16-37-27-23-30(38-17-12-7-2)28-25-29(36)34(42-31(28)24-27)26-21-32(39-18-13-8-3)35(41-20-15-10-5)33(22-26)40-19-14-9-4/h21-24,29,34,36H,6-20,25H2,1-5H3/t29-,34+/m0/s1. The highest BCUT2D eigenvalue weighted by molar-refractivity contribution is 5.56. The fraction of sp³-hybridized carbons (Fsp3) is 0.657. The molecule has 0 unspecified atom stereocenters. The van der Waals surface area contributed by atoms with E-state index in [1.807, 2.05) is 24.3 Å². The Kier molecular flexibility index (Phi) is 15.0. The highest BCUT2D eigenvalue weighted by atomic mass is 16.5. The van der Waals surface area contributed by atoms with Gasteiger partial charge in [0.05, 0.1) is 39.1 Å². The van der Waals surface area contributed by atoms with Gasteiger partial charge in [-0.15, -0.1) is 0 Å². The Balaban J connectivity index is 1.99. The van der Waals surface area contributed by atoms with Crippen molar-refractivity contribution >= 4 is 0 Å². The minimum absolute atomic E-state index is 0.406. The highest BCUT2D eigenvalue weighted by Crippen LogP contribution is 2.46. The summed E-state index contributed by atoms with van der Waals surface area (Å²) in [5, 5.41) is 11.4. The molecule has 0 fully saturated rings. The van der Waals surface area contributed by atoms with E-state index >= 15 is 0 Å². The third-order valence-corrected chi connectivity index (χ3v) is 7.31. The smallest absolute Gasteiger partial charge is 0.203 e. The van der Waals surface area contributed by atoms with E-state index in [-0.39, 0.29) is 0 Å². The molecule has 0 aromatic heterocycles. The summed E-state index contributed by atoms with van der Waals surface area (Å²) in [5.74, 6) is 4.00. The second-order valence-electron chi connectivity index (χ2n) is 11.1. The second-order valence-corrected chi connectivity index (χ2v) is 11.1. The van der Waals surface area contributed by atoms with Crippen LogP contribution in [0.2, 0.25) is 0 Å². The fourth-order valence-electron chi connectivity index (χ4n) is 4.69. The summed E-state index contributed by atoms with van der Waals surface area (Å²) in [6, 6.07) is 7.75. The lowest BCUT2D eigenvalue weighted by Gasteiger charge is -2.33. The van der Waals surface area contributed by atoms with Crippen molar-refractivity contribution in [3.8, 4) is 34.5 Å². The first-order valence-electron chi connectivity index (χ1n) is 16.4. The minimum Gasteiger partial charge on any atom is -0.493 e. The number of hydrogen-bond donors (Lipinski definition) is 1. The zero-order chi connectivity index (χ0) is 30.2. The Morgan fingerprint density at radius 3 is 1.62 bits per heavy atom. The van der Waals surface area contributed by atoms with Crippen LogP contribution in [0.3, 0.4) is 0 Å². The molecule has 0 amide bonds. The maximum Gasteiger partial charge on any atom is 0.203 e. The molecule has 7 heteroatoms. The summed E-state index contributed by atoms with van der Waals surface area (Å²) >= 11 is 0. The van der Waals surface area contributed by atoms with Gasteiger partial charge in [-0.3, -0.25) is 0 Å². The number of rotatable bonds is 21. The molecule has 7 nitrogen and oxygen atoms in total. The number of hydrogen-bond acceptors (Lipinski definition) is 7. The van der Waals surface area contributed by atoms with Crippen molar-refractivity contribution in [2.75, 3.05) is 33.0 Å². The molecule has 0 saturated carbocycles. The van der Waals surface area contributed by atoms with Gasteiger partial charge in [0.25, 0.3) is 0 Å². The zero-order valence-electron chi connectivity index (χ0n) is 26.7. The molecule has 1 heterocycles. The second kappa shape index (κ2) is 18.7. The van der Waals surface area contributed by atoms with Gasteiger partial charge in [0.15, 0.2) is 17.6 Å². The molecular formula is C35H54O7. The van der Waals surface area contributed by atoms with E-state index in [1.165, 1.54) is 0 Å². The van der Waals surface area contributed by atoms with Crippen LogP contribution < -0.4 is 28.4 Å². The van der Waals surface area contributed by atoms with Crippen LogP contribution in [0.1, 0.15) is 116 Å². The molecule has 236 valence electrons. The zero-order valence-corrected chi connectivity index (χ0v) is 26.7. The number of aliphatic hydroxyl groups is 1. The van der Waals surface area contributed by atoms with Crippen molar-refractivity contribution in [1.29, 1.82) is 0 Å². The van der Waals surface area contributed by atoms with Crippen LogP contribution in [0.5, 0.6) is 34.5 Å². The molecule has 1 N–H and O–H groups in total. The molecule has 3 rings (SSSR count). The van der Waals surface area contributed by atoms with E-state index in [1.54, 1.807) is 0 Å². The lowest BCUT2D eigenvalue weighted by Crippen LogP contribution is -2.31. The molecule has 2 atom stereocenters. The normalized spacial score (nSPS) is 16.0. The van der Waals surface area contributed by atoms with Crippen LogP contribution in [0.25, 0.3) is 0 Å². The molecule has 2 aromatic carbocycles. The molecular weight excluding hydrogens is 532 g/mol. The molecule has 0 spiro atoms. The molecule has 1 aliphatic heterocycles. The lowest BCUT2D eigenvalue weighted by molar-refractivity contribution is 0.0192. The van der Waals surface area contributed by atoms with Gasteiger partial charge in [-0.2, -0.15) is 0 Å². The Labute approximate surface area is 253 Å². The van der Waals surface area contributed by atoms with Crippen molar-refractivity contribution in [3.63, 3.8) is 0 Å². The summed E-state index contributed by atoms with van der Waals surface area (Å²) < 4.78 is 37.5. The predicted molar refractivity (Wildman–Crippen MR) is 168 cm³/mol. The third kappa shape index (κ3) is 9.89. The van der Waals surface area contributed by atoms with Gasteiger partial charge >= 0.3 is 0 Å². The fourth-order valence-corrected chi connectivity index (χ4v) is 4.69. The van der Waals surface area contributed by atoms with Crippen molar-refractivity contribution in [1.82, 2.24) is 0 Å². The maximum absolute atomic E-state index is 11.4. The Morgan fingerprint density at radius 1 is 0.619 bits per heavy atom. The third-order valence-electron chi connectivity index (χ3n) is 7.31. The van der Waals surface area contributed by atoms with Gasteiger partial charge in [0, 0.05) is 29.7 Å². The van der Waals surface area contributed by atoms with Gasteiger partial charge in [0.2, 0.25) is 5.75 Å². The molecule has 0 saturated heterocycles. The highest BCUT2D eigenvalue weighted by Gasteiger charge is 2.34. The van der Waals surface area contributed by atoms with Crippen molar-refractivity contribution in [2.45, 2.75) is 117 Å². The van der Waals surface area contributed by atoms with E-state index in [0.717, 1.165) is 86.8 Å². The Hall–Kier alpha value is -2.80. The summed E-state index contributed by atoms with van der Waals surface area (Å²) in [7, 11) is 0. The number of fused-ring (bicyclic) bond motifs is 1. The van der Waals surface area contributed by atoms with Crippen molar-refractivity contribution in [2.24, 2.45) is 0 Å². The summed E-state index contributed by atoms with van der Waals surface area (Å²) in [5.41, 5.74) is 1.66. The number of ether oxygens (including phenoxy) is 6. The number of aliphatic hydroxyl groups excluding tert-OH is 1. The largest absolute Gasteiger partial charge is 0.493 e.